The molecule has 0 bridgehead atoms. The number of benzene rings is 1. The summed E-state index contributed by atoms with van der Waals surface area (Å²) in [7, 11) is 0. The maximum absolute atomic E-state index is 13.9. The molecule has 1 aromatic heterocycles. The molecule has 0 saturated carbocycles. The fourth-order valence-corrected chi connectivity index (χ4v) is 3.99. The molecule has 0 spiro atoms. The predicted molar refractivity (Wildman–Crippen MR) is 100 cm³/mol. The smallest absolute Gasteiger partial charge is 0.259 e. The van der Waals surface area contributed by atoms with E-state index in [4.69, 9.17) is 4.74 Å². The molecule has 2 aromatic rings. The van der Waals surface area contributed by atoms with Gasteiger partial charge in [0.05, 0.1) is 11.6 Å². The fourth-order valence-electron chi connectivity index (χ4n) is 3.99. The molecule has 4 rings (SSSR count). The molecular weight excluding hydrogens is 349 g/mol. The van der Waals surface area contributed by atoms with E-state index in [1.165, 1.54) is 37.2 Å². The van der Waals surface area contributed by atoms with Gasteiger partial charge in [-0.25, -0.2) is 4.39 Å². The summed E-state index contributed by atoms with van der Waals surface area (Å²) in [5, 5.41) is 0.195. The Hall–Kier alpha value is -2.25. The van der Waals surface area contributed by atoms with Gasteiger partial charge in [0.1, 0.15) is 11.4 Å². The quantitative estimate of drug-likeness (QED) is 0.894. The van der Waals surface area contributed by atoms with Gasteiger partial charge in [-0.05, 0) is 44.5 Å². The summed E-state index contributed by atoms with van der Waals surface area (Å²) in [6.45, 7) is 4.59. The van der Waals surface area contributed by atoms with E-state index in [1.807, 2.05) is 0 Å². The lowest BCUT2D eigenvalue weighted by Gasteiger charge is -2.27. The maximum Gasteiger partial charge on any atom is 0.259 e. The summed E-state index contributed by atoms with van der Waals surface area (Å²) in [5.41, 5.74) is -0.255. The van der Waals surface area contributed by atoms with Gasteiger partial charge in [0, 0.05) is 37.8 Å². The molecule has 1 atom stereocenters. The molecule has 2 saturated heterocycles. The first-order valence-corrected chi connectivity index (χ1v) is 9.56. The minimum Gasteiger partial charge on any atom is -0.375 e. The van der Waals surface area contributed by atoms with Gasteiger partial charge in [0.2, 0.25) is 5.43 Å². The number of amides is 1. The Morgan fingerprint density at radius 1 is 1.22 bits per heavy atom. The molecule has 1 aromatic carbocycles. The van der Waals surface area contributed by atoms with Crippen molar-refractivity contribution in [3.05, 3.63) is 46.0 Å². The molecule has 2 aliphatic heterocycles. The molecule has 144 valence electrons. The Morgan fingerprint density at radius 2 is 2.04 bits per heavy atom. The van der Waals surface area contributed by atoms with Crippen LogP contribution in [0.15, 0.2) is 29.2 Å². The third-order valence-electron chi connectivity index (χ3n) is 5.39. The van der Waals surface area contributed by atoms with Gasteiger partial charge in [0.15, 0.2) is 0 Å². The molecule has 0 aliphatic carbocycles. The number of H-pyrrole nitrogens is 1. The van der Waals surface area contributed by atoms with Crippen LogP contribution in [0.4, 0.5) is 4.39 Å². The Balaban J connectivity index is 1.56. The number of nitrogens with zero attached hydrogens (tertiary/aromatic N) is 2. The van der Waals surface area contributed by atoms with E-state index in [-0.39, 0.29) is 28.5 Å². The van der Waals surface area contributed by atoms with E-state index in [2.05, 4.69) is 9.88 Å². The molecule has 1 unspecified atom stereocenters. The van der Waals surface area contributed by atoms with Crippen LogP contribution in [0.2, 0.25) is 0 Å². The number of para-hydroxylation sites is 1. The van der Waals surface area contributed by atoms with Crippen LogP contribution in [-0.2, 0) is 4.74 Å². The minimum absolute atomic E-state index is 0.0495. The highest BCUT2D eigenvalue weighted by molar-refractivity contribution is 5.97. The molecule has 27 heavy (non-hydrogen) atoms. The number of hydrogen-bond acceptors (Lipinski definition) is 4. The van der Waals surface area contributed by atoms with E-state index in [0.29, 0.717) is 19.7 Å². The molecule has 1 N–H and O–H groups in total. The Bertz CT molecular complexity index is 892. The van der Waals surface area contributed by atoms with Crippen molar-refractivity contribution in [2.75, 3.05) is 39.3 Å². The SMILES string of the molecule is O=C(c1c[nH]c2c(F)cccc2c1=O)N1CCCOC(CN2CCCC2)C1. The van der Waals surface area contributed by atoms with Crippen LogP contribution in [0.5, 0.6) is 0 Å². The fraction of sp³-hybridized carbons (Fsp3) is 0.500. The summed E-state index contributed by atoms with van der Waals surface area (Å²) in [6, 6.07) is 4.30. The van der Waals surface area contributed by atoms with Crippen LogP contribution in [-0.4, -0.2) is 66.1 Å². The Kier molecular flexibility index (Phi) is 5.22. The highest BCUT2D eigenvalue weighted by atomic mass is 19.1. The highest BCUT2D eigenvalue weighted by Crippen LogP contribution is 2.16. The number of halogens is 1. The number of likely N-dealkylation sites (tertiary alicyclic amines) is 1. The van der Waals surface area contributed by atoms with E-state index in [1.54, 1.807) is 4.90 Å². The van der Waals surface area contributed by atoms with Gasteiger partial charge >= 0.3 is 0 Å². The first-order chi connectivity index (χ1) is 13.1. The zero-order valence-corrected chi connectivity index (χ0v) is 15.2. The van der Waals surface area contributed by atoms with Gasteiger partial charge < -0.3 is 19.5 Å². The minimum atomic E-state index is -0.502. The topological polar surface area (TPSA) is 65.6 Å². The first kappa shape index (κ1) is 18.1. The maximum atomic E-state index is 13.9. The lowest BCUT2D eigenvalue weighted by molar-refractivity contribution is 0.0297. The molecule has 1 amide bonds. The Labute approximate surface area is 156 Å². The third kappa shape index (κ3) is 3.75. The van der Waals surface area contributed by atoms with Crippen LogP contribution in [0.3, 0.4) is 0 Å². The van der Waals surface area contributed by atoms with Crippen LogP contribution in [0.1, 0.15) is 29.6 Å². The van der Waals surface area contributed by atoms with Crippen molar-refractivity contribution in [1.82, 2.24) is 14.8 Å². The van der Waals surface area contributed by atoms with Gasteiger partial charge in [-0.3, -0.25) is 9.59 Å². The second-order valence-electron chi connectivity index (χ2n) is 7.30. The van der Waals surface area contributed by atoms with Crippen molar-refractivity contribution in [1.29, 1.82) is 0 Å². The summed E-state index contributed by atoms with van der Waals surface area (Å²) in [4.78, 5) is 32.6. The average Bonchev–Trinajstić information content (AvgIpc) is 3.06. The van der Waals surface area contributed by atoms with E-state index < -0.39 is 11.2 Å². The number of carbonyl (C=O) groups is 1. The summed E-state index contributed by atoms with van der Waals surface area (Å²) in [6.07, 6.45) is 4.43. The average molecular weight is 373 g/mol. The van der Waals surface area contributed by atoms with Crippen LogP contribution >= 0.6 is 0 Å². The van der Waals surface area contributed by atoms with Gasteiger partial charge in [-0.15, -0.1) is 0 Å². The van der Waals surface area contributed by atoms with Crippen molar-refractivity contribution in [2.45, 2.75) is 25.4 Å². The number of carbonyl (C=O) groups excluding carboxylic acids is 1. The molecule has 2 fully saturated rings. The van der Waals surface area contributed by atoms with Crippen molar-refractivity contribution >= 4 is 16.8 Å². The normalized spacial score (nSPS) is 21.5. The van der Waals surface area contributed by atoms with E-state index >= 15 is 0 Å². The molecule has 3 heterocycles. The molecular formula is C20H24FN3O3. The predicted octanol–water partition coefficient (Wildman–Crippen LogP) is 1.99. The van der Waals surface area contributed by atoms with Gasteiger partial charge in [0.25, 0.3) is 5.91 Å². The van der Waals surface area contributed by atoms with Crippen LogP contribution in [0, 0.1) is 5.82 Å². The molecule has 7 heteroatoms. The van der Waals surface area contributed by atoms with Crippen molar-refractivity contribution in [2.24, 2.45) is 0 Å². The number of nitrogens with one attached hydrogen (secondary N) is 1. The first-order valence-electron chi connectivity index (χ1n) is 9.56. The number of aromatic amines is 1. The zero-order valence-electron chi connectivity index (χ0n) is 15.2. The molecule has 2 aliphatic rings. The van der Waals surface area contributed by atoms with Gasteiger partial charge in [-0.1, -0.05) is 6.07 Å². The summed E-state index contributed by atoms with van der Waals surface area (Å²) >= 11 is 0. The van der Waals surface area contributed by atoms with Crippen molar-refractivity contribution in [3.63, 3.8) is 0 Å². The molecule has 6 nitrogen and oxygen atoms in total. The van der Waals surface area contributed by atoms with Crippen LogP contribution < -0.4 is 5.43 Å². The number of ether oxygens (including phenoxy) is 1. The van der Waals surface area contributed by atoms with Crippen molar-refractivity contribution in [3.8, 4) is 0 Å². The summed E-state index contributed by atoms with van der Waals surface area (Å²) < 4.78 is 19.8. The number of hydrogen-bond donors (Lipinski definition) is 1. The van der Waals surface area contributed by atoms with Crippen molar-refractivity contribution < 1.29 is 13.9 Å². The number of pyridine rings is 1. The van der Waals surface area contributed by atoms with Gasteiger partial charge in [-0.2, -0.15) is 0 Å². The monoisotopic (exact) mass is 373 g/mol. The number of fused-ring (bicyclic) bond motifs is 1. The largest absolute Gasteiger partial charge is 0.375 e. The standard InChI is InChI=1S/C20H24FN3O3/c21-17-6-3-5-15-18(17)22-11-16(19(15)25)20(26)24-9-4-10-27-14(13-24)12-23-7-1-2-8-23/h3,5-6,11,14H,1-2,4,7-10,12-13H2,(H,22,25). The van der Waals surface area contributed by atoms with E-state index in [9.17, 15) is 14.0 Å². The second kappa shape index (κ2) is 7.78. The van der Waals surface area contributed by atoms with Crippen LogP contribution in [0.25, 0.3) is 10.9 Å². The zero-order chi connectivity index (χ0) is 18.8. The highest BCUT2D eigenvalue weighted by Gasteiger charge is 2.27. The lowest BCUT2D eigenvalue weighted by atomic mass is 10.1. The second-order valence-corrected chi connectivity index (χ2v) is 7.30. The summed E-state index contributed by atoms with van der Waals surface area (Å²) in [5.74, 6) is -0.822. The number of rotatable bonds is 3. The number of aromatic nitrogens is 1. The third-order valence-corrected chi connectivity index (χ3v) is 5.39. The molecule has 0 radical (unpaired) electrons. The Morgan fingerprint density at radius 3 is 2.85 bits per heavy atom. The lowest BCUT2D eigenvalue weighted by Crippen LogP contribution is -2.43. The van der Waals surface area contributed by atoms with E-state index in [0.717, 1.165) is 26.1 Å².